The second kappa shape index (κ2) is 7.63. The molecule has 0 aliphatic rings. The van der Waals surface area contributed by atoms with Crippen LogP contribution in [-0.4, -0.2) is 42.5 Å². The van der Waals surface area contributed by atoms with Crippen LogP contribution < -0.4 is 16.4 Å². The largest absolute Gasteiger partial charge is 0.394 e. The number of nitrogens with zero attached hydrogens (tertiary/aromatic N) is 2. The molecule has 0 radical (unpaired) electrons. The van der Waals surface area contributed by atoms with E-state index in [4.69, 9.17) is 10.5 Å². The lowest BCUT2D eigenvalue weighted by molar-refractivity contribution is -0.119. The summed E-state index contributed by atoms with van der Waals surface area (Å²) in [6, 6.07) is 0. The third kappa shape index (κ3) is 4.44. The summed E-state index contributed by atoms with van der Waals surface area (Å²) in [5, 5.41) is 10.1. The Morgan fingerprint density at radius 2 is 2.26 bits per heavy atom. The third-order valence-corrected chi connectivity index (χ3v) is 2.69. The fourth-order valence-corrected chi connectivity index (χ4v) is 1.75. The van der Waals surface area contributed by atoms with Crippen molar-refractivity contribution >= 4 is 17.4 Å². The molecule has 1 amide bonds. The lowest BCUT2D eigenvalue weighted by Gasteiger charge is -2.08. The normalized spacial score (nSPS) is 10.5. The SMILES string of the molecule is CCCc1nn(C)c(NCC(=O)NCCOC)c1N. The summed E-state index contributed by atoms with van der Waals surface area (Å²) in [5.41, 5.74) is 7.49. The number of aromatic nitrogens is 2. The van der Waals surface area contributed by atoms with Crippen molar-refractivity contribution in [3.8, 4) is 0 Å². The number of aryl methyl sites for hydroxylation is 2. The standard InChI is InChI=1S/C12H23N5O2/c1-4-5-9-11(13)12(17(2)16-9)15-8-10(18)14-6-7-19-3/h15H,4-8,13H2,1-3H3,(H,14,18). The summed E-state index contributed by atoms with van der Waals surface area (Å²) >= 11 is 0. The average molecular weight is 269 g/mol. The molecule has 19 heavy (non-hydrogen) atoms. The van der Waals surface area contributed by atoms with Gasteiger partial charge in [-0.3, -0.25) is 9.48 Å². The van der Waals surface area contributed by atoms with Gasteiger partial charge in [0.25, 0.3) is 0 Å². The summed E-state index contributed by atoms with van der Waals surface area (Å²) in [6.45, 7) is 3.24. The molecule has 1 aromatic heterocycles. The first kappa shape index (κ1) is 15.3. The van der Waals surface area contributed by atoms with Crippen LogP contribution in [0.3, 0.4) is 0 Å². The number of amides is 1. The van der Waals surface area contributed by atoms with Gasteiger partial charge in [-0.2, -0.15) is 5.10 Å². The van der Waals surface area contributed by atoms with Crippen LogP contribution in [0.1, 0.15) is 19.0 Å². The van der Waals surface area contributed by atoms with E-state index in [9.17, 15) is 4.79 Å². The van der Waals surface area contributed by atoms with Crippen LogP contribution in [0.2, 0.25) is 0 Å². The number of nitrogens with one attached hydrogen (secondary N) is 2. The monoisotopic (exact) mass is 269 g/mol. The zero-order valence-corrected chi connectivity index (χ0v) is 11.8. The topological polar surface area (TPSA) is 94.2 Å². The molecule has 0 fully saturated rings. The van der Waals surface area contributed by atoms with Gasteiger partial charge in [0, 0.05) is 20.7 Å². The molecule has 7 nitrogen and oxygen atoms in total. The average Bonchev–Trinajstić information content (AvgIpc) is 2.63. The highest BCUT2D eigenvalue weighted by atomic mass is 16.5. The molecular weight excluding hydrogens is 246 g/mol. The smallest absolute Gasteiger partial charge is 0.239 e. The predicted molar refractivity (Wildman–Crippen MR) is 75.0 cm³/mol. The van der Waals surface area contributed by atoms with Crippen molar-refractivity contribution in [2.24, 2.45) is 7.05 Å². The Balaban J connectivity index is 2.51. The number of carbonyl (C=O) groups is 1. The minimum absolute atomic E-state index is 0.102. The molecule has 1 heterocycles. The maximum absolute atomic E-state index is 11.5. The van der Waals surface area contributed by atoms with Crippen molar-refractivity contribution in [1.29, 1.82) is 0 Å². The van der Waals surface area contributed by atoms with Crippen LogP contribution in [0.25, 0.3) is 0 Å². The van der Waals surface area contributed by atoms with Gasteiger partial charge in [0.15, 0.2) is 0 Å². The number of nitrogens with two attached hydrogens (primary N) is 1. The minimum atomic E-state index is -0.102. The molecule has 0 saturated heterocycles. The number of methoxy groups -OCH3 is 1. The van der Waals surface area contributed by atoms with Gasteiger partial charge in [0.05, 0.1) is 24.5 Å². The highest BCUT2D eigenvalue weighted by molar-refractivity contribution is 5.81. The highest BCUT2D eigenvalue weighted by Crippen LogP contribution is 2.22. The fourth-order valence-electron chi connectivity index (χ4n) is 1.75. The number of carbonyl (C=O) groups excluding carboxylic acids is 1. The van der Waals surface area contributed by atoms with E-state index in [-0.39, 0.29) is 12.5 Å². The molecule has 0 bridgehead atoms. The first-order valence-electron chi connectivity index (χ1n) is 6.41. The highest BCUT2D eigenvalue weighted by Gasteiger charge is 2.13. The Kier molecular flexibility index (Phi) is 6.14. The lowest BCUT2D eigenvalue weighted by Crippen LogP contribution is -2.32. The van der Waals surface area contributed by atoms with Gasteiger partial charge >= 0.3 is 0 Å². The van der Waals surface area contributed by atoms with Crippen molar-refractivity contribution in [2.75, 3.05) is 37.9 Å². The van der Waals surface area contributed by atoms with Crippen molar-refractivity contribution in [3.05, 3.63) is 5.69 Å². The summed E-state index contributed by atoms with van der Waals surface area (Å²) in [7, 11) is 3.40. The van der Waals surface area contributed by atoms with Gasteiger partial charge in [-0.15, -0.1) is 0 Å². The number of ether oxygens (including phenoxy) is 1. The van der Waals surface area contributed by atoms with Crippen LogP contribution in [0, 0.1) is 0 Å². The Labute approximate surface area is 113 Å². The van der Waals surface area contributed by atoms with Crippen LogP contribution in [0.15, 0.2) is 0 Å². The van der Waals surface area contributed by atoms with E-state index in [1.165, 1.54) is 0 Å². The van der Waals surface area contributed by atoms with E-state index in [0.717, 1.165) is 18.5 Å². The van der Waals surface area contributed by atoms with Gasteiger partial charge in [0.1, 0.15) is 5.82 Å². The molecule has 1 aromatic rings. The molecule has 0 saturated carbocycles. The lowest BCUT2D eigenvalue weighted by atomic mass is 10.2. The van der Waals surface area contributed by atoms with E-state index in [1.807, 2.05) is 0 Å². The van der Waals surface area contributed by atoms with E-state index < -0.39 is 0 Å². The molecule has 0 unspecified atom stereocenters. The second-order valence-corrected chi connectivity index (χ2v) is 4.28. The van der Waals surface area contributed by atoms with Gasteiger partial charge in [-0.05, 0) is 6.42 Å². The number of nitrogen functional groups attached to an aromatic ring is 1. The van der Waals surface area contributed by atoms with E-state index in [2.05, 4.69) is 22.7 Å². The Morgan fingerprint density at radius 3 is 2.89 bits per heavy atom. The van der Waals surface area contributed by atoms with E-state index in [1.54, 1.807) is 18.8 Å². The predicted octanol–water partition coefficient (Wildman–Crippen LogP) is 0.129. The van der Waals surface area contributed by atoms with Crippen LogP contribution in [0.4, 0.5) is 11.5 Å². The maximum atomic E-state index is 11.5. The maximum Gasteiger partial charge on any atom is 0.239 e. The van der Waals surface area contributed by atoms with Crippen molar-refractivity contribution in [1.82, 2.24) is 15.1 Å². The Bertz CT molecular complexity index is 416. The van der Waals surface area contributed by atoms with Gasteiger partial charge < -0.3 is 21.1 Å². The molecule has 108 valence electrons. The molecule has 0 atom stereocenters. The zero-order chi connectivity index (χ0) is 14.3. The van der Waals surface area contributed by atoms with Crippen LogP contribution >= 0.6 is 0 Å². The molecular formula is C12H23N5O2. The molecule has 0 aliphatic carbocycles. The number of anilines is 2. The zero-order valence-electron chi connectivity index (χ0n) is 11.8. The fraction of sp³-hybridized carbons (Fsp3) is 0.667. The van der Waals surface area contributed by atoms with Crippen LogP contribution in [-0.2, 0) is 23.0 Å². The van der Waals surface area contributed by atoms with E-state index >= 15 is 0 Å². The number of rotatable bonds is 8. The van der Waals surface area contributed by atoms with Gasteiger partial charge in [-0.1, -0.05) is 13.3 Å². The second-order valence-electron chi connectivity index (χ2n) is 4.28. The Morgan fingerprint density at radius 1 is 1.53 bits per heavy atom. The molecule has 0 aliphatic heterocycles. The first-order valence-corrected chi connectivity index (χ1v) is 6.41. The van der Waals surface area contributed by atoms with Gasteiger partial charge in [-0.25, -0.2) is 0 Å². The first-order chi connectivity index (χ1) is 9.10. The summed E-state index contributed by atoms with van der Waals surface area (Å²) in [5.74, 6) is 0.583. The molecule has 0 spiro atoms. The number of hydrogen-bond donors (Lipinski definition) is 3. The summed E-state index contributed by atoms with van der Waals surface area (Å²) in [6.07, 6.45) is 1.82. The molecule has 4 N–H and O–H groups in total. The molecule has 7 heteroatoms. The van der Waals surface area contributed by atoms with Crippen molar-refractivity contribution in [2.45, 2.75) is 19.8 Å². The van der Waals surface area contributed by atoms with E-state index in [0.29, 0.717) is 24.7 Å². The Hall–Kier alpha value is -1.76. The summed E-state index contributed by atoms with van der Waals surface area (Å²) in [4.78, 5) is 11.5. The minimum Gasteiger partial charge on any atom is -0.394 e. The number of hydrogen-bond acceptors (Lipinski definition) is 5. The van der Waals surface area contributed by atoms with Crippen molar-refractivity contribution in [3.63, 3.8) is 0 Å². The molecule has 1 rings (SSSR count). The van der Waals surface area contributed by atoms with Gasteiger partial charge in [0.2, 0.25) is 5.91 Å². The van der Waals surface area contributed by atoms with Crippen LogP contribution in [0.5, 0.6) is 0 Å². The summed E-state index contributed by atoms with van der Waals surface area (Å²) < 4.78 is 6.52. The van der Waals surface area contributed by atoms with Crippen molar-refractivity contribution < 1.29 is 9.53 Å². The molecule has 0 aromatic carbocycles. The third-order valence-electron chi connectivity index (χ3n) is 2.69. The quantitative estimate of drug-likeness (QED) is 0.583.